The lowest BCUT2D eigenvalue weighted by atomic mass is 10.2. The Bertz CT molecular complexity index is 763. The number of anilines is 2. The summed E-state index contributed by atoms with van der Waals surface area (Å²) in [5.74, 6) is 0.600. The van der Waals surface area contributed by atoms with Crippen molar-refractivity contribution in [3.05, 3.63) is 50.9 Å². The molecule has 20 heavy (non-hydrogen) atoms. The normalized spacial score (nSPS) is 13.8. The Balaban J connectivity index is 2.09. The number of nitrogens with one attached hydrogen (secondary N) is 1. The van der Waals surface area contributed by atoms with E-state index < -0.39 is 0 Å². The summed E-state index contributed by atoms with van der Waals surface area (Å²) < 4.78 is 2.61. The minimum atomic E-state index is -0.321. The number of hydrogen-bond donors (Lipinski definition) is 1. The van der Waals surface area contributed by atoms with E-state index in [1.807, 2.05) is 17.0 Å². The lowest BCUT2D eigenvalue weighted by molar-refractivity contribution is 0.647. The molecule has 2 aromatic heterocycles. The van der Waals surface area contributed by atoms with Crippen molar-refractivity contribution in [2.45, 2.75) is 6.54 Å². The molecule has 0 aromatic carbocycles. The molecule has 104 valence electrons. The maximum absolute atomic E-state index is 12.2. The molecule has 1 aliphatic rings. The standard InChI is InChI=1S/C13H15N5O2/c1-16-11-10(12(19)17(2)13(16)20)7-18(8-15-11)9-3-5-14-6-4-9/h3-6,15H,7-8H2,1-2H3. The Morgan fingerprint density at radius 2 is 1.85 bits per heavy atom. The van der Waals surface area contributed by atoms with Crippen molar-refractivity contribution >= 4 is 11.5 Å². The average Bonchev–Trinajstić information content (AvgIpc) is 2.51. The maximum Gasteiger partial charge on any atom is 0.332 e. The number of nitrogens with zero attached hydrogens (tertiary/aromatic N) is 4. The second kappa shape index (κ2) is 4.52. The van der Waals surface area contributed by atoms with Crippen molar-refractivity contribution < 1.29 is 0 Å². The van der Waals surface area contributed by atoms with Crippen molar-refractivity contribution in [3.63, 3.8) is 0 Å². The fourth-order valence-electron chi connectivity index (χ4n) is 2.44. The molecule has 7 heteroatoms. The van der Waals surface area contributed by atoms with Crippen LogP contribution in [-0.4, -0.2) is 20.8 Å². The molecule has 0 aliphatic carbocycles. The lowest BCUT2D eigenvalue weighted by Gasteiger charge is -2.32. The minimum absolute atomic E-state index is 0.255. The highest BCUT2D eigenvalue weighted by molar-refractivity contribution is 5.55. The molecule has 0 amide bonds. The van der Waals surface area contributed by atoms with Gasteiger partial charge in [0.15, 0.2) is 0 Å². The van der Waals surface area contributed by atoms with Crippen molar-refractivity contribution in [3.8, 4) is 0 Å². The number of aromatic nitrogens is 3. The van der Waals surface area contributed by atoms with Gasteiger partial charge in [-0.2, -0.15) is 0 Å². The van der Waals surface area contributed by atoms with Gasteiger partial charge in [-0.25, -0.2) is 4.79 Å². The highest BCUT2D eigenvalue weighted by Gasteiger charge is 2.23. The van der Waals surface area contributed by atoms with Gasteiger partial charge in [-0.15, -0.1) is 0 Å². The lowest BCUT2D eigenvalue weighted by Crippen LogP contribution is -2.46. The van der Waals surface area contributed by atoms with Crippen LogP contribution in [0.1, 0.15) is 5.56 Å². The summed E-state index contributed by atoms with van der Waals surface area (Å²) in [6, 6.07) is 3.78. The first-order valence-corrected chi connectivity index (χ1v) is 6.27. The predicted molar refractivity (Wildman–Crippen MR) is 75.8 cm³/mol. The third kappa shape index (κ3) is 1.78. The summed E-state index contributed by atoms with van der Waals surface area (Å²) in [6.07, 6.45) is 3.42. The summed E-state index contributed by atoms with van der Waals surface area (Å²) in [7, 11) is 3.16. The Hall–Kier alpha value is -2.57. The summed E-state index contributed by atoms with van der Waals surface area (Å²) >= 11 is 0. The van der Waals surface area contributed by atoms with Crippen molar-refractivity contribution in [1.29, 1.82) is 0 Å². The van der Waals surface area contributed by atoms with Gasteiger partial charge >= 0.3 is 5.69 Å². The Labute approximate surface area is 115 Å². The van der Waals surface area contributed by atoms with E-state index >= 15 is 0 Å². The summed E-state index contributed by atoms with van der Waals surface area (Å²) in [5, 5.41) is 3.14. The molecule has 0 spiro atoms. The SMILES string of the molecule is Cn1c2c(c(=O)n(C)c1=O)CN(c1ccncc1)CN2. The quantitative estimate of drug-likeness (QED) is 0.783. The largest absolute Gasteiger partial charge is 0.353 e. The van der Waals surface area contributed by atoms with Crippen LogP contribution in [0.4, 0.5) is 11.5 Å². The first kappa shape index (κ1) is 12.5. The number of hydrogen-bond acceptors (Lipinski definition) is 5. The average molecular weight is 273 g/mol. The molecule has 0 atom stereocenters. The van der Waals surface area contributed by atoms with E-state index in [0.29, 0.717) is 24.6 Å². The van der Waals surface area contributed by atoms with Crippen LogP contribution in [0, 0.1) is 0 Å². The Morgan fingerprint density at radius 3 is 2.55 bits per heavy atom. The van der Waals surface area contributed by atoms with Crippen molar-refractivity contribution in [1.82, 2.24) is 14.1 Å². The number of pyridine rings is 1. The molecule has 7 nitrogen and oxygen atoms in total. The van der Waals surface area contributed by atoms with Crippen molar-refractivity contribution in [2.75, 3.05) is 16.9 Å². The molecular formula is C13H15N5O2. The van der Waals surface area contributed by atoms with E-state index in [0.717, 1.165) is 10.3 Å². The van der Waals surface area contributed by atoms with Crippen molar-refractivity contribution in [2.24, 2.45) is 14.1 Å². The van der Waals surface area contributed by atoms with Crippen LogP contribution in [0.2, 0.25) is 0 Å². The van der Waals surface area contributed by atoms with Gasteiger partial charge in [-0.05, 0) is 12.1 Å². The summed E-state index contributed by atoms with van der Waals surface area (Å²) in [5.41, 5.74) is 1.000. The first-order valence-electron chi connectivity index (χ1n) is 6.27. The molecule has 2 aromatic rings. The van der Waals surface area contributed by atoms with Gasteiger partial charge < -0.3 is 10.2 Å². The second-order valence-corrected chi connectivity index (χ2v) is 4.77. The van der Waals surface area contributed by atoms with E-state index in [-0.39, 0.29) is 11.2 Å². The number of rotatable bonds is 1. The van der Waals surface area contributed by atoms with E-state index in [1.54, 1.807) is 19.4 Å². The van der Waals surface area contributed by atoms with Gasteiger partial charge in [-0.3, -0.25) is 18.9 Å². The second-order valence-electron chi connectivity index (χ2n) is 4.77. The van der Waals surface area contributed by atoms with Crippen LogP contribution in [0.5, 0.6) is 0 Å². The van der Waals surface area contributed by atoms with E-state index in [1.165, 1.54) is 11.6 Å². The first-order chi connectivity index (χ1) is 9.59. The van der Waals surface area contributed by atoms with Crippen LogP contribution < -0.4 is 21.5 Å². The Morgan fingerprint density at radius 1 is 1.15 bits per heavy atom. The highest BCUT2D eigenvalue weighted by atomic mass is 16.2. The smallest absolute Gasteiger partial charge is 0.332 e. The van der Waals surface area contributed by atoms with E-state index in [4.69, 9.17) is 0 Å². The molecule has 0 saturated heterocycles. The third-order valence-electron chi connectivity index (χ3n) is 3.57. The minimum Gasteiger partial charge on any atom is -0.353 e. The zero-order chi connectivity index (χ0) is 14.3. The summed E-state index contributed by atoms with van der Waals surface area (Å²) in [6.45, 7) is 1.00. The molecular weight excluding hydrogens is 258 g/mol. The van der Waals surface area contributed by atoms with Gasteiger partial charge in [0.25, 0.3) is 5.56 Å². The van der Waals surface area contributed by atoms with Crippen LogP contribution >= 0.6 is 0 Å². The third-order valence-corrected chi connectivity index (χ3v) is 3.57. The molecule has 3 heterocycles. The fraction of sp³-hybridized carbons (Fsp3) is 0.308. The Kier molecular flexibility index (Phi) is 2.81. The molecule has 1 aliphatic heterocycles. The van der Waals surface area contributed by atoms with Gasteiger partial charge in [0.05, 0.1) is 18.8 Å². The maximum atomic E-state index is 12.2. The molecule has 0 bridgehead atoms. The molecule has 3 rings (SSSR count). The molecule has 0 fully saturated rings. The number of fused-ring (bicyclic) bond motifs is 1. The topological polar surface area (TPSA) is 72.2 Å². The van der Waals surface area contributed by atoms with Gasteiger partial charge in [0.1, 0.15) is 5.82 Å². The molecule has 0 saturated carbocycles. The summed E-state index contributed by atoms with van der Waals surface area (Å²) in [4.78, 5) is 30.1. The molecule has 1 N–H and O–H groups in total. The fourth-order valence-corrected chi connectivity index (χ4v) is 2.44. The molecule has 0 radical (unpaired) electrons. The van der Waals surface area contributed by atoms with Crippen LogP contribution in [0.15, 0.2) is 34.1 Å². The van der Waals surface area contributed by atoms with Gasteiger partial charge in [-0.1, -0.05) is 0 Å². The van der Waals surface area contributed by atoms with Gasteiger partial charge in [0, 0.05) is 32.2 Å². The monoisotopic (exact) mass is 273 g/mol. The van der Waals surface area contributed by atoms with Crippen LogP contribution in [0.25, 0.3) is 0 Å². The zero-order valence-corrected chi connectivity index (χ0v) is 11.3. The highest BCUT2D eigenvalue weighted by Crippen LogP contribution is 2.22. The van der Waals surface area contributed by atoms with Gasteiger partial charge in [0.2, 0.25) is 0 Å². The molecule has 0 unspecified atom stereocenters. The predicted octanol–water partition coefficient (Wildman–Crippen LogP) is -0.131. The van der Waals surface area contributed by atoms with E-state index in [2.05, 4.69) is 10.3 Å². The zero-order valence-electron chi connectivity index (χ0n) is 11.3. The van der Waals surface area contributed by atoms with Crippen LogP contribution in [-0.2, 0) is 20.6 Å². The van der Waals surface area contributed by atoms with E-state index in [9.17, 15) is 9.59 Å². The van der Waals surface area contributed by atoms with Crippen LogP contribution in [0.3, 0.4) is 0 Å².